The summed E-state index contributed by atoms with van der Waals surface area (Å²) < 4.78 is 0. The molecule has 0 radical (unpaired) electrons. The van der Waals surface area contributed by atoms with E-state index in [0.717, 1.165) is 19.0 Å². The molecule has 0 aliphatic carbocycles. The van der Waals surface area contributed by atoms with Crippen LogP contribution in [-0.2, 0) is 0 Å². The van der Waals surface area contributed by atoms with Crippen molar-refractivity contribution in [3.63, 3.8) is 0 Å². The van der Waals surface area contributed by atoms with Crippen LogP contribution in [0.4, 0.5) is 5.69 Å². The summed E-state index contributed by atoms with van der Waals surface area (Å²) in [4.78, 5) is 2.56. The van der Waals surface area contributed by atoms with Crippen molar-refractivity contribution in [2.75, 3.05) is 31.1 Å². The Labute approximate surface area is 121 Å². The summed E-state index contributed by atoms with van der Waals surface area (Å²) in [7, 11) is 0. The Bertz CT molecular complexity index is 559. The molecule has 0 bridgehead atoms. The van der Waals surface area contributed by atoms with Crippen LogP contribution < -0.4 is 10.2 Å². The average molecular weight is 268 g/mol. The molecule has 1 saturated heterocycles. The molecule has 0 spiro atoms. The fraction of sp³-hybridized carbons (Fsp3) is 0.444. The van der Waals surface area contributed by atoms with Crippen molar-refractivity contribution in [2.24, 2.45) is 5.92 Å². The normalized spacial score (nSPS) is 18.9. The molecule has 1 aliphatic rings. The molecule has 1 unspecified atom stereocenters. The molecule has 2 aromatic rings. The minimum atomic E-state index is 0.792. The number of nitrogens with one attached hydrogen (secondary N) is 1. The van der Waals surface area contributed by atoms with E-state index in [1.54, 1.807) is 0 Å². The van der Waals surface area contributed by atoms with Gasteiger partial charge < -0.3 is 10.2 Å². The standard InChI is InChI=1S/C18H24N2/c1-2-11-19-13-15-10-12-20(14-15)18-9-5-7-16-6-3-4-8-17(16)18/h3-9,15,19H,2,10-14H2,1H3. The summed E-state index contributed by atoms with van der Waals surface area (Å²) in [6.45, 7) is 6.90. The minimum absolute atomic E-state index is 0.792. The maximum absolute atomic E-state index is 3.56. The lowest BCUT2D eigenvalue weighted by Crippen LogP contribution is -2.26. The van der Waals surface area contributed by atoms with E-state index in [1.165, 1.54) is 42.4 Å². The Hall–Kier alpha value is -1.54. The third-order valence-corrected chi connectivity index (χ3v) is 4.25. The van der Waals surface area contributed by atoms with E-state index < -0.39 is 0 Å². The van der Waals surface area contributed by atoms with Crippen molar-refractivity contribution < 1.29 is 0 Å². The van der Waals surface area contributed by atoms with Gasteiger partial charge in [0.05, 0.1) is 0 Å². The summed E-state index contributed by atoms with van der Waals surface area (Å²) in [5.41, 5.74) is 1.40. The lowest BCUT2D eigenvalue weighted by Gasteiger charge is -2.21. The third kappa shape index (κ3) is 2.80. The number of benzene rings is 2. The Morgan fingerprint density at radius 3 is 2.90 bits per heavy atom. The lowest BCUT2D eigenvalue weighted by molar-refractivity contribution is 0.516. The monoisotopic (exact) mass is 268 g/mol. The SMILES string of the molecule is CCCNCC1CCN(c2cccc3ccccc23)C1. The Morgan fingerprint density at radius 1 is 1.15 bits per heavy atom. The highest BCUT2D eigenvalue weighted by Gasteiger charge is 2.23. The Kier molecular flexibility index (Phi) is 4.22. The Balaban J connectivity index is 1.73. The molecule has 2 nitrogen and oxygen atoms in total. The lowest BCUT2D eigenvalue weighted by atomic mass is 10.1. The molecule has 2 aromatic carbocycles. The zero-order valence-corrected chi connectivity index (χ0v) is 12.3. The third-order valence-electron chi connectivity index (χ3n) is 4.25. The molecular formula is C18H24N2. The second-order valence-electron chi connectivity index (χ2n) is 5.80. The highest BCUT2D eigenvalue weighted by atomic mass is 15.2. The van der Waals surface area contributed by atoms with E-state index in [1.807, 2.05) is 0 Å². The van der Waals surface area contributed by atoms with E-state index in [9.17, 15) is 0 Å². The maximum Gasteiger partial charge on any atom is 0.0445 e. The first-order valence-corrected chi connectivity index (χ1v) is 7.82. The van der Waals surface area contributed by atoms with Crippen molar-refractivity contribution >= 4 is 16.5 Å². The number of hydrogen-bond acceptors (Lipinski definition) is 2. The van der Waals surface area contributed by atoms with Crippen LogP contribution >= 0.6 is 0 Å². The van der Waals surface area contributed by atoms with Crippen LogP contribution in [0, 0.1) is 5.92 Å². The largest absolute Gasteiger partial charge is 0.371 e. The number of fused-ring (bicyclic) bond motifs is 1. The molecule has 1 fully saturated rings. The zero-order chi connectivity index (χ0) is 13.8. The second-order valence-corrected chi connectivity index (χ2v) is 5.80. The number of rotatable bonds is 5. The van der Waals surface area contributed by atoms with Crippen molar-refractivity contribution in [1.29, 1.82) is 0 Å². The van der Waals surface area contributed by atoms with Crippen molar-refractivity contribution in [3.8, 4) is 0 Å². The van der Waals surface area contributed by atoms with E-state index in [2.05, 4.69) is 59.6 Å². The van der Waals surface area contributed by atoms with Gasteiger partial charge in [-0.3, -0.25) is 0 Å². The predicted molar refractivity (Wildman–Crippen MR) is 87.4 cm³/mol. The fourth-order valence-corrected chi connectivity index (χ4v) is 3.19. The van der Waals surface area contributed by atoms with Gasteiger partial charge in [0.1, 0.15) is 0 Å². The summed E-state index contributed by atoms with van der Waals surface area (Å²) >= 11 is 0. The van der Waals surface area contributed by atoms with E-state index in [-0.39, 0.29) is 0 Å². The van der Waals surface area contributed by atoms with Gasteiger partial charge in [-0.1, -0.05) is 43.3 Å². The minimum Gasteiger partial charge on any atom is -0.371 e. The molecular weight excluding hydrogens is 244 g/mol. The van der Waals surface area contributed by atoms with Crippen molar-refractivity contribution in [3.05, 3.63) is 42.5 Å². The van der Waals surface area contributed by atoms with E-state index in [4.69, 9.17) is 0 Å². The fourth-order valence-electron chi connectivity index (χ4n) is 3.19. The highest BCUT2D eigenvalue weighted by molar-refractivity contribution is 5.94. The highest BCUT2D eigenvalue weighted by Crippen LogP contribution is 2.30. The quantitative estimate of drug-likeness (QED) is 0.832. The summed E-state index contributed by atoms with van der Waals surface area (Å²) in [5.74, 6) is 0.792. The molecule has 3 rings (SSSR count). The first-order chi connectivity index (χ1) is 9.88. The first-order valence-electron chi connectivity index (χ1n) is 7.82. The molecule has 1 aliphatic heterocycles. The molecule has 1 atom stereocenters. The van der Waals surface area contributed by atoms with Crippen LogP contribution in [0.3, 0.4) is 0 Å². The number of nitrogens with zero attached hydrogens (tertiary/aromatic N) is 1. The van der Waals surface area contributed by atoms with Gasteiger partial charge in [-0.25, -0.2) is 0 Å². The molecule has 0 saturated carbocycles. The van der Waals surface area contributed by atoms with Gasteiger partial charge in [-0.15, -0.1) is 0 Å². The van der Waals surface area contributed by atoms with Crippen LogP contribution in [0.25, 0.3) is 10.8 Å². The van der Waals surface area contributed by atoms with Crippen molar-refractivity contribution in [1.82, 2.24) is 5.32 Å². The molecule has 20 heavy (non-hydrogen) atoms. The van der Waals surface area contributed by atoms with Crippen LogP contribution in [-0.4, -0.2) is 26.2 Å². The average Bonchev–Trinajstić information content (AvgIpc) is 2.96. The second kappa shape index (κ2) is 6.27. The molecule has 0 amide bonds. The van der Waals surface area contributed by atoms with Crippen LogP contribution in [0.15, 0.2) is 42.5 Å². The molecule has 0 aromatic heterocycles. The molecule has 2 heteroatoms. The van der Waals surface area contributed by atoms with Gasteiger partial charge in [0.2, 0.25) is 0 Å². The van der Waals surface area contributed by atoms with E-state index >= 15 is 0 Å². The number of hydrogen-bond donors (Lipinski definition) is 1. The smallest absolute Gasteiger partial charge is 0.0445 e. The first kappa shape index (κ1) is 13.4. The Morgan fingerprint density at radius 2 is 2.00 bits per heavy atom. The van der Waals surface area contributed by atoms with Gasteiger partial charge in [0, 0.05) is 24.2 Å². The maximum atomic E-state index is 3.56. The topological polar surface area (TPSA) is 15.3 Å². The van der Waals surface area contributed by atoms with E-state index in [0.29, 0.717) is 0 Å². The van der Waals surface area contributed by atoms with Crippen molar-refractivity contribution in [2.45, 2.75) is 19.8 Å². The number of anilines is 1. The summed E-state index contributed by atoms with van der Waals surface area (Å²) in [5, 5.41) is 6.29. The molecule has 1 heterocycles. The zero-order valence-electron chi connectivity index (χ0n) is 12.3. The van der Waals surface area contributed by atoms with Gasteiger partial charge in [0.15, 0.2) is 0 Å². The summed E-state index contributed by atoms with van der Waals surface area (Å²) in [6.07, 6.45) is 2.53. The van der Waals surface area contributed by atoms with Crippen LogP contribution in [0.1, 0.15) is 19.8 Å². The predicted octanol–water partition coefficient (Wildman–Crippen LogP) is 3.67. The van der Waals surface area contributed by atoms with Gasteiger partial charge in [-0.2, -0.15) is 0 Å². The summed E-state index contributed by atoms with van der Waals surface area (Å²) in [6, 6.07) is 15.4. The van der Waals surface area contributed by atoms with Crippen LogP contribution in [0.2, 0.25) is 0 Å². The van der Waals surface area contributed by atoms with Gasteiger partial charge >= 0.3 is 0 Å². The van der Waals surface area contributed by atoms with Gasteiger partial charge in [-0.05, 0) is 43.3 Å². The molecule has 106 valence electrons. The molecule has 1 N–H and O–H groups in total. The van der Waals surface area contributed by atoms with Gasteiger partial charge in [0.25, 0.3) is 0 Å². The van der Waals surface area contributed by atoms with Crippen LogP contribution in [0.5, 0.6) is 0 Å².